The van der Waals surface area contributed by atoms with Gasteiger partial charge in [-0.15, -0.1) is 0 Å². The van der Waals surface area contributed by atoms with E-state index in [0.717, 1.165) is 4.47 Å². The van der Waals surface area contributed by atoms with E-state index < -0.39 is 10.0 Å². The molecule has 4 nitrogen and oxygen atoms in total. The van der Waals surface area contributed by atoms with E-state index in [4.69, 9.17) is 0 Å². The lowest BCUT2D eigenvalue weighted by Gasteiger charge is -2.10. The van der Waals surface area contributed by atoms with Crippen LogP contribution < -0.4 is 4.72 Å². The molecule has 0 radical (unpaired) electrons. The molecular weight excluding hydrogens is 464 g/mol. The van der Waals surface area contributed by atoms with Crippen molar-refractivity contribution in [1.29, 1.82) is 0 Å². The number of rotatable bonds is 3. The first-order valence-corrected chi connectivity index (χ1v) is 8.85. The lowest BCUT2D eigenvalue weighted by Crippen LogP contribution is -2.14. The zero-order valence-electron chi connectivity index (χ0n) is 9.27. The van der Waals surface area contributed by atoms with Crippen molar-refractivity contribution < 1.29 is 8.42 Å². The van der Waals surface area contributed by atoms with Crippen molar-refractivity contribution in [2.45, 2.75) is 4.90 Å². The lowest BCUT2D eigenvalue weighted by molar-refractivity contribution is 0.600. The molecule has 0 spiro atoms. The Morgan fingerprint density at radius 1 is 1.11 bits per heavy atom. The normalized spacial score (nSPS) is 11.3. The maximum atomic E-state index is 12.3. The number of pyridine rings is 1. The van der Waals surface area contributed by atoms with Gasteiger partial charge in [0, 0.05) is 15.1 Å². The summed E-state index contributed by atoms with van der Waals surface area (Å²) in [6.45, 7) is 0. The molecular formula is C11H7Br3N2O2S. The fourth-order valence-electron chi connectivity index (χ4n) is 1.36. The van der Waals surface area contributed by atoms with Crippen LogP contribution in [0.4, 0.5) is 5.69 Å². The molecule has 0 aliphatic heterocycles. The van der Waals surface area contributed by atoms with E-state index in [1.165, 1.54) is 6.07 Å². The van der Waals surface area contributed by atoms with Crippen LogP contribution in [0, 0.1) is 0 Å². The minimum Gasteiger partial charge on any atom is -0.277 e. The molecule has 1 aromatic carbocycles. The van der Waals surface area contributed by atoms with E-state index >= 15 is 0 Å². The monoisotopic (exact) mass is 468 g/mol. The van der Waals surface area contributed by atoms with E-state index in [1.54, 1.807) is 30.5 Å². The number of nitrogens with zero attached hydrogens (tertiary/aromatic N) is 1. The topological polar surface area (TPSA) is 59.1 Å². The van der Waals surface area contributed by atoms with E-state index in [9.17, 15) is 8.42 Å². The third kappa shape index (κ3) is 3.56. The Morgan fingerprint density at radius 2 is 1.84 bits per heavy atom. The molecule has 0 unspecified atom stereocenters. The second kappa shape index (κ2) is 5.90. The molecule has 1 N–H and O–H groups in total. The highest BCUT2D eigenvalue weighted by Gasteiger charge is 2.19. The predicted octanol–water partition coefficient (Wildman–Crippen LogP) is 4.17. The van der Waals surface area contributed by atoms with Gasteiger partial charge in [-0.05, 0) is 62.2 Å². The van der Waals surface area contributed by atoms with Gasteiger partial charge < -0.3 is 0 Å². The summed E-state index contributed by atoms with van der Waals surface area (Å²) >= 11 is 9.71. The Hall–Kier alpha value is -0.440. The van der Waals surface area contributed by atoms with Crippen molar-refractivity contribution >= 4 is 63.5 Å². The fraction of sp³-hybridized carbons (Fsp3) is 0. The van der Waals surface area contributed by atoms with Crippen LogP contribution in [0.15, 0.2) is 55.0 Å². The number of aromatic nitrogens is 1. The third-order valence-electron chi connectivity index (χ3n) is 2.19. The highest BCUT2D eigenvalue weighted by atomic mass is 79.9. The predicted molar refractivity (Wildman–Crippen MR) is 84.6 cm³/mol. The van der Waals surface area contributed by atoms with Crippen LogP contribution in [0.5, 0.6) is 0 Å². The van der Waals surface area contributed by atoms with Crippen LogP contribution in [0.25, 0.3) is 0 Å². The maximum absolute atomic E-state index is 12.3. The van der Waals surface area contributed by atoms with Gasteiger partial charge in [0.25, 0.3) is 10.0 Å². The molecule has 0 bridgehead atoms. The molecule has 0 saturated carbocycles. The summed E-state index contributed by atoms with van der Waals surface area (Å²) < 4.78 is 28.8. The molecule has 0 atom stereocenters. The first-order valence-electron chi connectivity index (χ1n) is 4.98. The summed E-state index contributed by atoms with van der Waals surface area (Å²) in [6.07, 6.45) is 1.57. The number of hydrogen-bond donors (Lipinski definition) is 1. The Bertz CT molecular complexity index is 720. The van der Waals surface area contributed by atoms with E-state index in [1.807, 2.05) is 0 Å². The Kier molecular flexibility index (Phi) is 4.65. The summed E-state index contributed by atoms with van der Waals surface area (Å²) in [5.74, 6) is 0. The highest BCUT2D eigenvalue weighted by Crippen LogP contribution is 2.28. The van der Waals surface area contributed by atoms with Crippen LogP contribution in [-0.4, -0.2) is 13.4 Å². The van der Waals surface area contributed by atoms with Crippen LogP contribution >= 0.6 is 47.8 Å². The maximum Gasteiger partial charge on any atom is 0.263 e. The number of nitrogens with one attached hydrogen (secondary N) is 1. The van der Waals surface area contributed by atoms with E-state index in [2.05, 4.69) is 57.5 Å². The minimum absolute atomic E-state index is 0.159. The Morgan fingerprint density at radius 3 is 2.47 bits per heavy atom. The lowest BCUT2D eigenvalue weighted by atomic mass is 10.4. The number of sulfonamides is 1. The minimum atomic E-state index is -3.67. The SMILES string of the molecule is O=S(=O)(Nc1cccnc1Br)c1ccc(Br)cc1Br. The molecule has 2 aromatic rings. The average molecular weight is 471 g/mol. The van der Waals surface area contributed by atoms with Gasteiger partial charge in [-0.2, -0.15) is 0 Å². The number of anilines is 1. The van der Waals surface area contributed by atoms with Crippen LogP contribution in [0.2, 0.25) is 0 Å². The van der Waals surface area contributed by atoms with Crippen molar-refractivity contribution in [3.05, 3.63) is 50.1 Å². The quantitative estimate of drug-likeness (QED) is 0.685. The molecule has 0 amide bonds. The van der Waals surface area contributed by atoms with Gasteiger partial charge in [-0.3, -0.25) is 4.72 Å². The molecule has 1 aromatic heterocycles. The number of hydrogen-bond acceptors (Lipinski definition) is 3. The van der Waals surface area contributed by atoms with Gasteiger partial charge in [-0.25, -0.2) is 13.4 Å². The van der Waals surface area contributed by atoms with Gasteiger partial charge in [0.2, 0.25) is 0 Å². The van der Waals surface area contributed by atoms with Crippen molar-refractivity contribution in [1.82, 2.24) is 4.98 Å². The fourth-order valence-corrected chi connectivity index (χ4v) is 4.65. The standard InChI is InChI=1S/C11H7Br3N2O2S/c12-7-3-4-10(8(13)6-7)19(17,18)16-9-2-1-5-15-11(9)14/h1-6,16H. The van der Waals surface area contributed by atoms with Crippen molar-refractivity contribution in [3.8, 4) is 0 Å². The second-order valence-electron chi connectivity index (χ2n) is 3.52. The van der Waals surface area contributed by atoms with Gasteiger partial charge >= 0.3 is 0 Å². The van der Waals surface area contributed by atoms with Gasteiger partial charge in [0.15, 0.2) is 0 Å². The first kappa shape index (κ1) is 15.0. The smallest absolute Gasteiger partial charge is 0.263 e. The molecule has 0 saturated heterocycles. The summed E-state index contributed by atoms with van der Waals surface area (Å²) in [4.78, 5) is 4.12. The molecule has 100 valence electrons. The molecule has 0 aliphatic rings. The van der Waals surface area contributed by atoms with Crippen molar-refractivity contribution in [2.24, 2.45) is 0 Å². The first-order chi connectivity index (χ1) is 8.90. The van der Waals surface area contributed by atoms with Gasteiger partial charge in [0.05, 0.1) is 5.69 Å². The molecule has 0 aliphatic carbocycles. The Balaban J connectivity index is 2.41. The third-order valence-corrected chi connectivity index (χ3v) is 5.65. The summed E-state index contributed by atoms with van der Waals surface area (Å²) in [7, 11) is -3.67. The van der Waals surface area contributed by atoms with Gasteiger partial charge in [-0.1, -0.05) is 15.9 Å². The van der Waals surface area contributed by atoms with Crippen LogP contribution in [-0.2, 0) is 10.0 Å². The summed E-state index contributed by atoms with van der Waals surface area (Å²) in [5.41, 5.74) is 0.386. The van der Waals surface area contributed by atoms with Crippen molar-refractivity contribution in [3.63, 3.8) is 0 Å². The summed E-state index contributed by atoms with van der Waals surface area (Å²) in [5, 5.41) is 0. The molecule has 2 rings (SSSR count). The van der Waals surface area contributed by atoms with E-state index in [-0.39, 0.29) is 4.90 Å². The molecule has 0 fully saturated rings. The number of benzene rings is 1. The van der Waals surface area contributed by atoms with Gasteiger partial charge in [0.1, 0.15) is 9.50 Å². The zero-order valence-corrected chi connectivity index (χ0v) is 14.8. The van der Waals surface area contributed by atoms with Crippen molar-refractivity contribution in [2.75, 3.05) is 4.72 Å². The molecule has 19 heavy (non-hydrogen) atoms. The second-order valence-corrected chi connectivity index (χ2v) is 7.69. The number of halogens is 3. The van der Waals surface area contributed by atoms with Crippen LogP contribution in [0.3, 0.4) is 0 Å². The van der Waals surface area contributed by atoms with Crippen LogP contribution in [0.1, 0.15) is 0 Å². The molecule has 1 heterocycles. The molecule has 8 heteroatoms. The average Bonchev–Trinajstić information content (AvgIpc) is 2.31. The zero-order chi connectivity index (χ0) is 14.0. The highest BCUT2D eigenvalue weighted by molar-refractivity contribution is 9.11. The van der Waals surface area contributed by atoms with E-state index in [0.29, 0.717) is 14.8 Å². The Labute approximate surface area is 136 Å². The summed E-state index contributed by atoms with van der Waals surface area (Å²) in [6, 6.07) is 8.13. The largest absolute Gasteiger partial charge is 0.277 e.